The number of ether oxygens (including phenoxy) is 1. The minimum absolute atomic E-state index is 0.339. The highest BCUT2D eigenvalue weighted by Gasteiger charge is 2.20. The second kappa shape index (κ2) is 9.43. The highest BCUT2D eigenvalue weighted by Crippen LogP contribution is 2.22. The molecule has 98 valence electrons. The highest BCUT2D eigenvalue weighted by atomic mass is 28.3. The van der Waals surface area contributed by atoms with E-state index in [1.807, 2.05) is 0 Å². The number of hydrogen-bond acceptors (Lipinski definition) is 1. The predicted molar refractivity (Wildman–Crippen MR) is 81.1 cm³/mol. The summed E-state index contributed by atoms with van der Waals surface area (Å²) in [6.07, 6.45) is 4.05. The summed E-state index contributed by atoms with van der Waals surface area (Å²) in [6, 6.07) is 6.22. The molecule has 0 aliphatic carbocycles. The van der Waals surface area contributed by atoms with E-state index >= 15 is 0 Å². The molecule has 3 heteroatoms. The molecule has 0 aliphatic rings. The van der Waals surface area contributed by atoms with Gasteiger partial charge in [0.15, 0.2) is 0 Å². The minimum Gasteiger partial charge on any atom is -0.385 e. The van der Waals surface area contributed by atoms with Crippen LogP contribution in [0.1, 0.15) is 26.2 Å². The average molecular weight is 261 g/mol. The molecule has 0 aromatic carbocycles. The van der Waals surface area contributed by atoms with Crippen LogP contribution in [0, 0.1) is 0 Å². The molecule has 0 aromatic rings. The van der Waals surface area contributed by atoms with Crippen LogP contribution < -0.4 is 0 Å². The van der Waals surface area contributed by atoms with Gasteiger partial charge >= 0.3 is 0 Å². The molecule has 0 aliphatic heterocycles. The van der Waals surface area contributed by atoms with Crippen LogP contribution in [-0.4, -0.2) is 30.6 Å². The van der Waals surface area contributed by atoms with Gasteiger partial charge in [-0.1, -0.05) is 63.6 Å². The fraction of sp³-hybridized carbons (Fsp3) is 1.00. The van der Waals surface area contributed by atoms with Gasteiger partial charge < -0.3 is 4.74 Å². The molecule has 0 saturated carbocycles. The SMILES string of the molecule is CCC[SiH](C)CC[Si](C)(C)CCCCOC. The van der Waals surface area contributed by atoms with Gasteiger partial charge in [0, 0.05) is 30.6 Å². The third kappa shape index (κ3) is 9.61. The molecule has 16 heavy (non-hydrogen) atoms. The van der Waals surface area contributed by atoms with Crippen molar-refractivity contribution in [1.29, 1.82) is 0 Å². The van der Waals surface area contributed by atoms with Crippen LogP contribution in [-0.2, 0) is 4.74 Å². The first-order valence-electron chi connectivity index (χ1n) is 7.00. The Kier molecular flexibility index (Phi) is 9.66. The minimum atomic E-state index is -0.866. The molecule has 1 atom stereocenters. The highest BCUT2D eigenvalue weighted by molar-refractivity contribution is 6.78. The number of rotatable bonds is 10. The van der Waals surface area contributed by atoms with E-state index < -0.39 is 8.07 Å². The van der Waals surface area contributed by atoms with Crippen molar-refractivity contribution in [3.05, 3.63) is 0 Å². The second-order valence-corrected chi connectivity index (χ2v) is 14.7. The van der Waals surface area contributed by atoms with Crippen LogP contribution >= 0.6 is 0 Å². The topological polar surface area (TPSA) is 9.23 Å². The van der Waals surface area contributed by atoms with E-state index in [4.69, 9.17) is 4.74 Å². The second-order valence-electron chi connectivity index (χ2n) is 6.05. The lowest BCUT2D eigenvalue weighted by molar-refractivity contribution is 0.194. The Morgan fingerprint density at radius 3 is 2.31 bits per heavy atom. The lowest BCUT2D eigenvalue weighted by Gasteiger charge is -2.23. The molecule has 0 N–H and O–H groups in total. The van der Waals surface area contributed by atoms with Crippen LogP contribution in [0.2, 0.25) is 43.8 Å². The van der Waals surface area contributed by atoms with Crippen LogP contribution in [0.5, 0.6) is 0 Å². The third-order valence-corrected chi connectivity index (χ3v) is 10.3. The average Bonchev–Trinajstić information content (AvgIpc) is 2.22. The van der Waals surface area contributed by atoms with E-state index in [1.165, 1.54) is 25.3 Å². The predicted octanol–water partition coefficient (Wildman–Crippen LogP) is 4.39. The molecule has 0 spiro atoms. The van der Waals surface area contributed by atoms with Crippen LogP contribution in [0.25, 0.3) is 0 Å². The molecule has 0 saturated heterocycles. The van der Waals surface area contributed by atoms with Crippen molar-refractivity contribution in [2.75, 3.05) is 13.7 Å². The zero-order valence-corrected chi connectivity index (χ0v) is 14.3. The Morgan fingerprint density at radius 1 is 1.06 bits per heavy atom. The quantitative estimate of drug-likeness (QED) is 0.418. The largest absolute Gasteiger partial charge is 0.385 e. The zero-order chi connectivity index (χ0) is 12.4. The summed E-state index contributed by atoms with van der Waals surface area (Å²) in [5.74, 6) is 0. The lowest BCUT2D eigenvalue weighted by atomic mass is 10.4. The van der Waals surface area contributed by atoms with Gasteiger partial charge in [-0.3, -0.25) is 0 Å². The summed E-state index contributed by atoms with van der Waals surface area (Å²) >= 11 is 0. The third-order valence-electron chi connectivity index (χ3n) is 3.55. The number of hydrogen-bond donors (Lipinski definition) is 0. The maximum atomic E-state index is 5.11. The molecule has 0 amide bonds. The van der Waals surface area contributed by atoms with Gasteiger partial charge in [0.2, 0.25) is 0 Å². The molecule has 0 rings (SSSR count). The van der Waals surface area contributed by atoms with Crippen molar-refractivity contribution in [1.82, 2.24) is 0 Å². The summed E-state index contributed by atoms with van der Waals surface area (Å²) in [5.41, 5.74) is 0. The molecule has 1 unspecified atom stereocenters. The molecule has 1 nitrogen and oxygen atoms in total. The van der Waals surface area contributed by atoms with E-state index in [-0.39, 0.29) is 8.80 Å². The Labute approximate surface area is 106 Å². The molecule has 0 heterocycles. The monoisotopic (exact) mass is 260 g/mol. The van der Waals surface area contributed by atoms with Gasteiger partial charge in [-0.05, 0) is 6.42 Å². The van der Waals surface area contributed by atoms with Crippen molar-refractivity contribution in [3.8, 4) is 0 Å². The molecular formula is C13H32OSi2. The van der Waals surface area contributed by atoms with Gasteiger partial charge in [0.1, 0.15) is 0 Å². The summed E-state index contributed by atoms with van der Waals surface area (Å²) in [5, 5.41) is 0. The molecule has 0 bridgehead atoms. The zero-order valence-electron chi connectivity index (χ0n) is 12.1. The van der Waals surface area contributed by atoms with E-state index in [1.54, 1.807) is 25.2 Å². The first-order chi connectivity index (χ1) is 7.52. The van der Waals surface area contributed by atoms with E-state index in [0.29, 0.717) is 0 Å². The van der Waals surface area contributed by atoms with Gasteiger partial charge in [-0.2, -0.15) is 0 Å². The maximum absolute atomic E-state index is 5.11. The van der Waals surface area contributed by atoms with Crippen molar-refractivity contribution in [2.45, 2.75) is 70.0 Å². The Bertz CT molecular complexity index is 160. The first-order valence-corrected chi connectivity index (χ1v) is 13.2. The standard InChI is InChI=1S/C13H32OSi2/c1-6-10-15(3)11-13-16(4,5)12-8-7-9-14-2/h15H,6-13H2,1-5H3. The molecule has 0 aromatic heterocycles. The molecule has 0 fully saturated rings. The van der Waals surface area contributed by atoms with Gasteiger partial charge in [0.25, 0.3) is 0 Å². The molecule has 0 radical (unpaired) electrons. The summed E-state index contributed by atoms with van der Waals surface area (Å²) < 4.78 is 5.11. The van der Waals surface area contributed by atoms with Gasteiger partial charge in [0.05, 0.1) is 0 Å². The lowest BCUT2D eigenvalue weighted by Crippen LogP contribution is -2.26. The van der Waals surface area contributed by atoms with Crippen LogP contribution in [0.15, 0.2) is 0 Å². The number of methoxy groups -OCH3 is 1. The van der Waals surface area contributed by atoms with E-state index in [9.17, 15) is 0 Å². The maximum Gasteiger partial charge on any atom is 0.0470 e. The Balaban J connectivity index is 3.60. The Hall–Kier alpha value is 0.394. The summed E-state index contributed by atoms with van der Waals surface area (Å²) in [7, 11) is 0.601. The first kappa shape index (κ1) is 16.4. The smallest absolute Gasteiger partial charge is 0.0470 e. The van der Waals surface area contributed by atoms with Crippen molar-refractivity contribution in [3.63, 3.8) is 0 Å². The normalized spacial score (nSPS) is 14.1. The van der Waals surface area contributed by atoms with Gasteiger partial charge in [-0.25, -0.2) is 0 Å². The molecular weight excluding hydrogens is 228 g/mol. The Morgan fingerprint density at radius 2 is 1.75 bits per heavy atom. The van der Waals surface area contributed by atoms with Crippen molar-refractivity contribution in [2.24, 2.45) is 0 Å². The van der Waals surface area contributed by atoms with E-state index in [2.05, 4.69) is 26.6 Å². The van der Waals surface area contributed by atoms with Crippen LogP contribution in [0.4, 0.5) is 0 Å². The van der Waals surface area contributed by atoms with Crippen LogP contribution in [0.3, 0.4) is 0 Å². The fourth-order valence-electron chi connectivity index (χ4n) is 2.25. The van der Waals surface area contributed by atoms with E-state index in [0.717, 1.165) is 6.61 Å². The fourth-order valence-corrected chi connectivity index (χ4v) is 10.1. The van der Waals surface area contributed by atoms with Crippen molar-refractivity contribution >= 4 is 16.9 Å². The van der Waals surface area contributed by atoms with Gasteiger partial charge in [-0.15, -0.1) is 0 Å². The summed E-state index contributed by atoms with van der Waals surface area (Å²) in [4.78, 5) is 0. The van der Waals surface area contributed by atoms with Crippen molar-refractivity contribution < 1.29 is 4.74 Å². The number of unbranched alkanes of at least 4 members (excludes halogenated alkanes) is 1. The summed E-state index contributed by atoms with van der Waals surface area (Å²) in [6.45, 7) is 11.0.